The van der Waals surface area contributed by atoms with Crippen LogP contribution in [0.2, 0.25) is 0 Å². The molecule has 0 radical (unpaired) electrons. The van der Waals surface area contributed by atoms with E-state index in [1.54, 1.807) is 7.11 Å². The summed E-state index contributed by atoms with van der Waals surface area (Å²) in [6.07, 6.45) is 3.62. The van der Waals surface area contributed by atoms with Gasteiger partial charge in [-0.15, -0.1) is 0 Å². The third-order valence-electron chi connectivity index (χ3n) is 4.86. The van der Waals surface area contributed by atoms with Crippen molar-refractivity contribution in [2.45, 2.75) is 25.2 Å². The monoisotopic (exact) mass is 285 g/mol. The van der Waals surface area contributed by atoms with Crippen LogP contribution in [0.15, 0.2) is 28.8 Å². The Morgan fingerprint density at radius 2 is 2.19 bits per heavy atom. The maximum absolute atomic E-state index is 5.52. The molecular weight excluding hydrogens is 266 g/mol. The van der Waals surface area contributed by atoms with Gasteiger partial charge in [0, 0.05) is 11.5 Å². The van der Waals surface area contributed by atoms with Crippen LogP contribution in [0.5, 0.6) is 5.75 Å². The van der Waals surface area contributed by atoms with Crippen molar-refractivity contribution in [3.05, 3.63) is 30.2 Å². The molecule has 2 aliphatic rings. The molecule has 110 valence electrons. The van der Waals surface area contributed by atoms with Gasteiger partial charge in [-0.25, -0.2) is 0 Å². The van der Waals surface area contributed by atoms with Crippen LogP contribution in [-0.4, -0.2) is 30.3 Å². The van der Waals surface area contributed by atoms with Crippen LogP contribution in [0.3, 0.4) is 0 Å². The van der Waals surface area contributed by atoms with Gasteiger partial charge in [-0.3, -0.25) is 0 Å². The standard InChI is InChI=1S/C16H19N3O2/c1-20-12-4-2-3-11(9-12)14-18-15(21-19-14)13-10-16(13)5-7-17-8-6-16/h2-4,9,13,17H,5-8,10H2,1H3. The van der Waals surface area contributed by atoms with Crippen LogP contribution in [0.1, 0.15) is 31.1 Å². The molecule has 1 saturated heterocycles. The lowest BCUT2D eigenvalue weighted by atomic mass is 9.92. The van der Waals surface area contributed by atoms with Gasteiger partial charge in [0.2, 0.25) is 11.7 Å². The molecule has 1 unspecified atom stereocenters. The van der Waals surface area contributed by atoms with Gasteiger partial charge < -0.3 is 14.6 Å². The van der Waals surface area contributed by atoms with Gasteiger partial charge in [0.25, 0.3) is 0 Å². The fourth-order valence-electron chi connectivity index (χ4n) is 3.43. The minimum Gasteiger partial charge on any atom is -0.497 e. The Morgan fingerprint density at radius 1 is 1.33 bits per heavy atom. The summed E-state index contributed by atoms with van der Waals surface area (Å²) in [5, 5.41) is 7.56. The fourth-order valence-corrected chi connectivity index (χ4v) is 3.43. The molecule has 1 saturated carbocycles. The Hall–Kier alpha value is -1.88. The Balaban J connectivity index is 1.56. The number of nitrogens with one attached hydrogen (secondary N) is 1. The van der Waals surface area contributed by atoms with Crippen molar-refractivity contribution in [2.24, 2.45) is 5.41 Å². The molecule has 2 fully saturated rings. The van der Waals surface area contributed by atoms with Crippen LogP contribution in [0.25, 0.3) is 11.4 Å². The summed E-state index contributed by atoms with van der Waals surface area (Å²) >= 11 is 0. The predicted molar refractivity (Wildman–Crippen MR) is 78.2 cm³/mol. The minimum absolute atomic E-state index is 0.420. The average molecular weight is 285 g/mol. The second kappa shape index (κ2) is 4.84. The van der Waals surface area contributed by atoms with Crippen LogP contribution in [0, 0.1) is 5.41 Å². The van der Waals surface area contributed by atoms with Crippen molar-refractivity contribution in [3.63, 3.8) is 0 Å². The van der Waals surface area contributed by atoms with E-state index in [4.69, 9.17) is 9.26 Å². The van der Waals surface area contributed by atoms with E-state index in [2.05, 4.69) is 15.5 Å². The fraction of sp³-hybridized carbons (Fsp3) is 0.500. The molecule has 1 aliphatic heterocycles. The van der Waals surface area contributed by atoms with Gasteiger partial charge in [0.05, 0.1) is 7.11 Å². The molecule has 4 rings (SSSR count). The normalized spacial score (nSPS) is 23.2. The van der Waals surface area contributed by atoms with E-state index in [0.29, 0.717) is 17.2 Å². The third-order valence-corrected chi connectivity index (χ3v) is 4.86. The zero-order valence-electron chi connectivity index (χ0n) is 12.1. The van der Waals surface area contributed by atoms with Crippen LogP contribution in [0.4, 0.5) is 0 Å². The Morgan fingerprint density at radius 3 is 3.00 bits per heavy atom. The first-order chi connectivity index (χ1) is 10.3. The zero-order valence-corrected chi connectivity index (χ0v) is 12.1. The molecule has 0 amide bonds. The Kier molecular flexibility index (Phi) is 2.96. The SMILES string of the molecule is COc1cccc(-c2noc(C3CC34CCNCC4)n2)c1. The molecule has 21 heavy (non-hydrogen) atoms. The number of nitrogens with zero attached hydrogens (tertiary/aromatic N) is 2. The van der Waals surface area contributed by atoms with Crippen molar-refractivity contribution in [3.8, 4) is 17.1 Å². The highest BCUT2D eigenvalue weighted by molar-refractivity contribution is 5.57. The summed E-state index contributed by atoms with van der Waals surface area (Å²) in [7, 11) is 1.66. The van der Waals surface area contributed by atoms with E-state index >= 15 is 0 Å². The maximum Gasteiger partial charge on any atom is 0.230 e. The first kappa shape index (κ1) is 12.8. The number of hydrogen-bond acceptors (Lipinski definition) is 5. The lowest BCUT2D eigenvalue weighted by Gasteiger charge is -2.22. The molecule has 1 aliphatic carbocycles. The molecule has 5 nitrogen and oxygen atoms in total. The average Bonchev–Trinajstić information content (AvgIpc) is 3.01. The van der Waals surface area contributed by atoms with Crippen LogP contribution in [-0.2, 0) is 0 Å². The summed E-state index contributed by atoms with van der Waals surface area (Å²) in [5.74, 6) is 2.71. The lowest BCUT2D eigenvalue weighted by molar-refractivity contribution is 0.311. The summed E-state index contributed by atoms with van der Waals surface area (Å²) in [6.45, 7) is 2.21. The van der Waals surface area contributed by atoms with E-state index in [1.807, 2.05) is 24.3 Å². The molecule has 5 heteroatoms. The van der Waals surface area contributed by atoms with Gasteiger partial charge in [-0.1, -0.05) is 17.3 Å². The van der Waals surface area contributed by atoms with E-state index in [-0.39, 0.29) is 0 Å². The summed E-state index contributed by atoms with van der Waals surface area (Å²) in [4.78, 5) is 4.61. The second-order valence-electron chi connectivity index (χ2n) is 6.06. The van der Waals surface area contributed by atoms with Gasteiger partial charge in [0.15, 0.2) is 0 Å². The van der Waals surface area contributed by atoms with E-state index in [9.17, 15) is 0 Å². The molecule has 0 bridgehead atoms. The highest BCUT2D eigenvalue weighted by atomic mass is 16.5. The van der Waals surface area contributed by atoms with Gasteiger partial charge in [0.1, 0.15) is 5.75 Å². The van der Waals surface area contributed by atoms with E-state index in [1.165, 1.54) is 19.3 Å². The molecule has 1 spiro atoms. The minimum atomic E-state index is 0.420. The number of hydrogen-bond donors (Lipinski definition) is 1. The maximum atomic E-state index is 5.52. The van der Waals surface area contributed by atoms with Gasteiger partial charge in [-0.2, -0.15) is 4.98 Å². The van der Waals surface area contributed by atoms with Crippen molar-refractivity contribution < 1.29 is 9.26 Å². The quantitative estimate of drug-likeness (QED) is 0.939. The first-order valence-electron chi connectivity index (χ1n) is 7.49. The molecule has 2 heterocycles. The molecule has 2 aromatic rings. The largest absolute Gasteiger partial charge is 0.497 e. The highest BCUT2D eigenvalue weighted by Gasteiger charge is 2.57. The van der Waals surface area contributed by atoms with Crippen LogP contribution >= 0.6 is 0 Å². The summed E-state index contributed by atoms with van der Waals surface area (Å²) < 4.78 is 10.8. The molecule has 1 aromatic carbocycles. The Labute approximate surface area is 123 Å². The smallest absolute Gasteiger partial charge is 0.230 e. The molecular formula is C16H19N3O2. The first-order valence-corrected chi connectivity index (χ1v) is 7.49. The molecule has 1 aromatic heterocycles. The lowest BCUT2D eigenvalue weighted by Crippen LogP contribution is -2.29. The second-order valence-corrected chi connectivity index (χ2v) is 6.06. The number of methoxy groups -OCH3 is 1. The topological polar surface area (TPSA) is 60.2 Å². The number of rotatable bonds is 3. The third kappa shape index (κ3) is 2.21. The Bertz CT molecular complexity index is 646. The summed E-state index contributed by atoms with van der Waals surface area (Å²) in [5.41, 5.74) is 1.35. The molecule has 1 atom stereocenters. The van der Waals surface area contributed by atoms with Gasteiger partial charge >= 0.3 is 0 Å². The summed E-state index contributed by atoms with van der Waals surface area (Å²) in [6, 6.07) is 7.76. The predicted octanol–water partition coefficient (Wildman–Crippen LogP) is 2.60. The van der Waals surface area contributed by atoms with Crippen molar-refractivity contribution in [1.29, 1.82) is 0 Å². The van der Waals surface area contributed by atoms with Crippen molar-refractivity contribution in [1.82, 2.24) is 15.5 Å². The van der Waals surface area contributed by atoms with Crippen molar-refractivity contribution in [2.75, 3.05) is 20.2 Å². The van der Waals surface area contributed by atoms with Crippen molar-refractivity contribution >= 4 is 0 Å². The van der Waals surface area contributed by atoms with E-state index in [0.717, 1.165) is 30.3 Å². The van der Waals surface area contributed by atoms with E-state index < -0.39 is 0 Å². The molecule has 1 N–H and O–H groups in total. The zero-order chi connectivity index (χ0) is 14.3. The number of piperidine rings is 1. The number of ether oxygens (including phenoxy) is 1. The van der Waals surface area contributed by atoms with Gasteiger partial charge in [-0.05, 0) is 49.9 Å². The highest BCUT2D eigenvalue weighted by Crippen LogP contribution is 2.63. The number of benzene rings is 1. The number of aromatic nitrogens is 2. The van der Waals surface area contributed by atoms with Crippen LogP contribution < -0.4 is 10.1 Å².